The Morgan fingerprint density at radius 2 is 2.17 bits per heavy atom. The molecule has 0 spiro atoms. The van der Waals surface area contributed by atoms with E-state index in [0.29, 0.717) is 39.1 Å². The van der Waals surface area contributed by atoms with Crippen molar-refractivity contribution in [3.63, 3.8) is 0 Å². The lowest BCUT2D eigenvalue weighted by molar-refractivity contribution is 0.488. The normalized spacial score (nSPS) is 15.4. The zero-order valence-corrected chi connectivity index (χ0v) is 14.8. The second-order valence-corrected chi connectivity index (χ2v) is 7.08. The fourth-order valence-corrected chi connectivity index (χ4v) is 3.38. The molecule has 0 amide bonds. The highest BCUT2D eigenvalue weighted by molar-refractivity contribution is 9.10. The predicted octanol–water partition coefficient (Wildman–Crippen LogP) is 3.79. The molecule has 0 saturated heterocycles. The molecule has 0 bridgehead atoms. The van der Waals surface area contributed by atoms with Gasteiger partial charge in [0.05, 0.1) is 17.0 Å². The number of aryl methyl sites for hydroxylation is 1. The molecule has 0 aliphatic heterocycles. The smallest absolute Gasteiger partial charge is 0.347 e. The fourth-order valence-electron chi connectivity index (χ4n) is 2.74. The summed E-state index contributed by atoms with van der Waals surface area (Å²) in [5.74, 6) is 0.137. The number of hydrogen-bond acceptors (Lipinski definition) is 5. The van der Waals surface area contributed by atoms with Crippen molar-refractivity contribution in [2.24, 2.45) is 0 Å². The van der Waals surface area contributed by atoms with Crippen molar-refractivity contribution >= 4 is 38.4 Å². The van der Waals surface area contributed by atoms with Crippen LogP contribution in [0.15, 0.2) is 32.0 Å². The summed E-state index contributed by atoms with van der Waals surface area (Å²) in [5.41, 5.74) is 0.584. The number of fused-ring (bicyclic) bond motifs is 1. The minimum absolute atomic E-state index is 0.137. The van der Waals surface area contributed by atoms with Gasteiger partial charge >= 0.3 is 5.63 Å². The van der Waals surface area contributed by atoms with Gasteiger partial charge in [-0.05, 0) is 53.4 Å². The molecule has 1 fully saturated rings. The monoisotopic (exact) mass is 404 g/mol. The first-order chi connectivity index (χ1) is 11.4. The summed E-state index contributed by atoms with van der Waals surface area (Å²) in [7, 11) is 0. The van der Waals surface area contributed by atoms with Crippen molar-refractivity contribution in [3.05, 3.63) is 43.8 Å². The van der Waals surface area contributed by atoms with Gasteiger partial charge in [-0.2, -0.15) is 10.4 Å². The third kappa shape index (κ3) is 2.26. The van der Waals surface area contributed by atoms with Gasteiger partial charge in [0, 0.05) is 11.1 Å². The lowest BCUT2D eigenvalue weighted by atomic mass is 10.1. The summed E-state index contributed by atoms with van der Waals surface area (Å²) in [4.78, 5) is 16.8. The van der Waals surface area contributed by atoms with Gasteiger partial charge in [0.1, 0.15) is 15.8 Å². The average molecular weight is 406 g/mol. The summed E-state index contributed by atoms with van der Waals surface area (Å²) in [6.45, 7) is 1.83. The van der Waals surface area contributed by atoms with E-state index in [1.54, 1.807) is 16.8 Å². The van der Waals surface area contributed by atoms with Crippen molar-refractivity contribution < 1.29 is 4.42 Å². The fraction of sp³-hybridized carbons (Fsp3) is 0.250. The van der Waals surface area contributed by atoms with Crippen molar-refractivity contribution in [1.82, 2.24) is 14.8 Å². The van der Waals surface area contributed by atoms with E-state index in [4.69, 9.17) is 16.0 Å². The second kappa shape index (κ2) is 5.16. The zero-order valence-electron chi connectivity index (χ0n) is 12.5. The van der Waals surface area contributed by atoms with Crippen LogP contribution in [-0.2, 0) is 5.54 Å². The second-order valence-electron chi connectivity index (χ2n) is 5.83. The van der Waals surface area contributed by atoms with Crippen LogP contribution in [0, 0.1) is 18.3 Å². The van der Waals surface area contributed by atoms with E-state index in [1.165, 1.54) is 6.07 Å². The number of hydrogen-bond donors (Lipinski definition) is 0. The molecule has 4 rings (SSSR count). The topological polar surface area (TPSA) is 84.7 Å². The maximum atomic E-state index is 12.4. The molecule has 0 atom stereocenters. The molecule has 1 aliphatic carbocycles. The van der Waals surface area contributed by atoms with Gasteiger partial charge < -0.3 is 4.42 Å². The third-order valence-corrected chi connectivity index (χ3v) is 4.73. The van der Waals surface area contributed by atoms with Crippen molar-refractivity contribution in [3.8, 4) is 17.7 Å². The van der Waals surface area contributed by atoms with E-state index < -0.39 is 11.2 Å². The van der Waals surface area contributed by atoms with Crippen LogP contribution in [0.25, 0.3) is 22.5 Å². The molecule has 2 heterocycles. The number of rotatable bonds is 2. The van der Waals surface area contributed by atoms with Crippen LogP contribution in [0.1, 0.15) is 18.4 Å². The lowest BCUT2D eigenvalue weighted by Gasteiger charge is -2.10. The van der Waals surface area contributed by atoms with Crippen molar-refractivity contribution in [1.29, 1.82) is 5.26 Å². The van der Waals surface area contributed by atoms with E-state index in [-0.39, 0.29) is 5.89 Å². The largest absolute Gasteiger partial charge is 0.401 e. The van der Waals surface area contributed by atoms with Gasteiger partial charge in [0.15, 0.2) is 0 Å². The van der Waals surface area contributed by atoms with E-state index >= 15 is 0 Å². The van der Waals surface area contributed by atoms with E-state index in [0.717, 1.165) is 5.56 Å². The Morgan fingerprint density at radius 1 is 1.42 bits per heavy atom. The van der Waals surface area contributed by atoms with Crippen LogP contribution in [0.5, 0.6) is 0 Å². The summed E-state index contributed by atoms with van der Waals surface area (Å²) in [5, 5.41) is 14.5. The van der Waals surface area contributed by atoms with Gasteiger partial charge in [-0.3, -0.25) is 0 Å². The number of aromatic nitrogens is 3. The van der Waals surface area contributed by atoms with Crippen molar-refractivity contribution in [2.45, 2.75) is 25.3 Å². The standard InChI is InChI=1S/C16H10BrClN4O2/c1-8-4-9(18)5-10-13(8)20-14(24-15(10)23)11-6-12(17)21-22(11)16(7-19)2-3-16/h4-6H,2-3H2,1H3. The molecule has 3 aromatic rings. The zero-order chi connectivity index (χ0) is 17.1. The molecule has 1 aliphatic rings. The maximum Gasteiger partial charge on any atom is 0.347 e. The lowest BCUT2D eigenvalue weighted by Crippen LogP contribution is -2.18. The molecule has 1 aromatic carbocycles. The number of halogens is 2. The molecular formula is C16H10BrClN4O2. The summed E-state index contributed by atoms with van der Waals surface area (Å²) >= 11 is 9.32. The van der Waals surface area contributed by atoms with E-state index in [1.807, 2.05) is 6.92 Å². The Kier molecular flexibility index (Phi) is 3.31. The minimum atomic E-state index is -0.689. The average Bonchev–Trinajstić information content (AvgIpc) is 3.24. The van der Waals surface area contributed by atoms with Crippen LogP contribution in [0.4, 0.5) is 0 Å². The van der Waals surface area contributed by atoms with Gasteiger partial charge in [0.25, 0.3) is 0 Å². The number of nitriles is 1. The molecular weight excluding hydrogens is 396 g/mol. The molecule has 2 aromatic heterocycles. The molecule has 0 N–H and O–H groups in total. The first-order valence-electron chi connectivity index (χ1n) is 7.22. The Balaban J connectivity index is 2.00. The van der Waals surface area contributed by atoms with Gasteiger partial charge in [0.2, 0.25) is 5.89 Å². The third-order valence-electron chi connectivity index (χ3n) is 4.12. The van der Waals surface area contributed by atoms with Crippen molar-refractivity contribution in [2.75, 3.05) is 0 Å². The highest BCUT2D eigenvalue weighted by Crippen LogP contribution is 2.45. The molecule has 0 unspecified atom stereocenters. The highest BCUT2D eigenvalue weighted by Gasteiger charge is 2.48. The van der Waals surface area contributed by atoms with Gasteiger partial charge in [-0.15, -0.1) is 0 Å². The first kappa shape index (κ1) is 15.4. The molecule has 24 heavy (non-hydrogen) atoms. The Labute approximate surface area is 149 Å². The summed E-state index contributed by atoms with van der Waals surface area (Å²) < 4.78 is 7.53. The molecule has 1 saturated carbocycles. The predicted molar refractivity (Wildman–Crippen MR) is 91.8 cm³/mol. The first-order valence-corrected chi connectivity index (χ1v) is 8.39. The van der Waals surface area contributed by atoms with E-state index in [2.05, 4.69) is 32.1 Å². The molecule has 8 heteroatoms. The maximum absolute atomic E-state index is 12.4. The molecule has 120 valence electrons. The van der Waals surface area contributed by atoms with Crippen LogP contribution >= 0.6 is 27.5 Å². The number of benzene rings is 1. The summed E-state index contributed by atoms with van der Waals surface area (Å²) in [6, 6.07) is 7.25. The van der Waals surface area contributed by atoms with Crippen LogP contribution in [-0.4, -0.2) is 14.8 Å². The van der Waals surface area contributed by atoms with Crippen LogP contribution in [0.2, 0.25) is 5.02 Å². The highest BCUT2D eigenvalue weighted by atomic mass is 79.9. The van der Waals surface area contributed by atoms with Gasteiger partial charge in [-0.1, -0.05) is 11.6 Å². The summed E-state index contributed by atoms with van der Waals surface area (Å²) in [6.07, 6.45) is 1.41. The Bertz CT molecular complexity index is 1090. The number of nitrogens with zero attached hydrogens (tertiary/aromatic N) is 4. The van der Waals surface area contributed by atoms with Gasteiger partial charge in [-0.25, -0.2) is 14.5 Å². The van der Waals surface area contributed by atoms with E-state index in [9.17, 15) is 10.1 Å². The Hall–Kier alpha value is -2.17. The molecule has 6 nitrogen and oxygen atoms in total. The molecule has 0 radical (unpaired) electrons. The quantitative estimate of drug-likeness (QED) is 0.647. The minimum Gasteiger partial charge on any atom is -0.401 e. The van der Waals surface area contributed by atoms with Crippen LogP contribution in [0.3, 0.4) is 0 Å². The SMILES string of the molecule is Cc1cc(Cl)cc2c(=O)oc(-c3cc(Br)nn3C3(C#N)CC3)nc12. The van der Waals surface area contributed by atoms with Crippen LogP contribution < -0.4 is 5.63 Å². The Morgan fingerprint density at radius 3 is 2.83 bits per heavy atom.